The van der Waals surface area contributed by atoms with Gasteiger partial charge in [-0.25, -0.2) is 9.82 Å². The van der Waals surface area contributed by atoms with Crippen LogP contribution in [0.25, 0.3) is 0 Å². The monoisotopic (exact) mass is 248 g/mol. The van der Waals surface area contributed by atoms with E-state index in [4.69, 9.17) is 5.84 Å². The van der Waals surface area contributed by atoms with Crippen molar-refractivity contribution in [2.45, 2.75) is 19.4 Å². The van der Waals surface area contributed by atoms with Gasteiger partial charge in [-0.1, -0.05) is 19.1 Å². The Morgan fingerprint density at radius 1 is 1.44 bits per heavy atom. The zero-order valence-electron chi connectivity index (χ0n) is 10.5. The Bertz CT molecular complexity index is 536. The van der Waals surface area contributed by atoms with Gasteiger partial charge in [0, 0.05) is 7.05 Å². The lowest BCUT2D eigenvalue weighted by molar-refractivity contribution is 0.565. The van der Waals surface area contributed by atoms with Crippen molar-refractivity contribution in [3.05, 3.63) is 53.1 Å². The Morgan fingerprint density at radius 3 is 2.78 bits per heavy atom. The Balaban J connectivity index is 2.41. The highest BCUT2D eigenvalue weighted by Crippen LogP contribution is 2.22. The number of rotatable bonds is 4. The number of benzene rings is 1. The first-order valence-corrected chi connectivity index (χ1v) is 5.90. The Hall–Kier alpha value is -1.72. The molecule has 1 aromatic heterocycles. The fraction of sp³-hybridized carbons (Fsp3) is 0.308. The first-order valence-electron chi connectivity index (χ1n) is 5.90. The maximum atomic E-state index is 13.3. The molecule has 0 radical (unpaired) electrons. The standard InChI is InChI=1S/C13H17FN4/c1-3-11-8-12(18(2)17-11)13(16-15)9-5-4-6-10(14)7-9/h4-8,13,16H,3,15H2,1-2H3. The topological polar surface area (TPSA) is 55.9 Å². The predicted molar refractivity (Wildman–Crippen MR) is 68.2 cm³/mol. The van der Waals surface area contributed by atoms with Crippen LogP contribution < -0.4 is 11.3 Å². The van der Waals surface area contributed by atoms with Gasteiger partial charge in [0.25, 0.3) is 0 Å². The van der Waals surface area contributed by atoms with Crippen LogP contribution in [-0.4, -0.2) is 9.78 Å². The van der Waals surface area contributed by atoms with Crippen LogP contribution in [0.2, 0.25) is 0 Å². The van der Waals surface area contributed by atoms with Gasteiger partial charge in [-0.2, -0.15) is 5.10 Å². The quantitative estimate of drug-likeness (QED) is 0.639. The molecule has 2 aromatic rings. The summed E-state index contributed by atoms with van der Waals surface area (Å²) in [7, 11) is 1.86. The summed E-state index contributed by atoms with van der Waals surface area (Å²) in [6.45, 7) is 2.04. The summed E-state index contributed by atoms with van der Waals surface area (Å²) >= 11 is 0. The van der Waals surface area contributed by atoms with Crippen LogP contribution in [0.3, 0.4) is 0 Å². The smallest absolute Gasteiger partial charge is 0.123 e. The van der Waals surface area contributed by atoms with Crippen molar-refractivity contribution < 1.29 is 4.39 Å². The van der Waals surface area contributed by atoms with Crippen LogP contribution in [0.4, 0.5) is 4.39 Å². The van der Waals surface area contributed by atoms with Crippen LogP contribution in [-0.2, 0) is 13.5 Å². The number of hydrazine groups is 1. The molecule has 0 spiro atoms. The van der Waals surface area contributed by atoms with E-state index >= 15 is 0 Å². The normalized spacial score (nSPS) is 12.7. The molecule has 4 nitrogen and oxygen atoms in total. The first-order chi connectivity index (χ1) is 8.65. The van der Waals surface area contributed by atoms with E-state index in [1.807, 2.05) is 26.1 Å². The SMILES string of the molecule is CCc1cc(C(NN)c2cccc(F)c2)n(C)n1. The van der Waals surface area contributed by atoms with E-state index in [1.54, 1.807) is 10.7 Å². The Kier molecular flexibility index (Phi) is 3.74. The molecule has 1 unspecified atom stereocenters. The predicted octanol–water partition coefficient (Wildman–Crippen LogP) is 1.67. The van der Waals surface area contributed by atoms with Crippen molar-refractivity contribution in [2.75, 3.05) is 0 Å². The van der Waals surface area contributed by atoms with Crippen LogP contribution in [0.15, 0.2) is 30.3 Å². The highest BCUT2D eigenvalue weighted by atomic mass is 19.1. The molecule has 96 valence electrons. The minimum Gasteiger partial charge on any atom is -0.271 e. The largest absolute Gasteiger partial charge is 0.271 e. The summed E-state index contributed by atoms with van der Waals surface area (Å²) < 4.78 is 15.0. The van der Waals surface area contributed by atoms with Gasteiger partial charge in [0.1, 0.15) is 5.82 Å². The zero-order chi connectivity index (χ0) is 13.1. The Morgan fingerprint density at radius 2 is 2.22 bits per heavy atom. The van der Waals surface area contributed by atoms with Gasteiger partial charge in [-0.05, 0) is 30.2 Å². The summed E-state index contributed by atoms with van der Waals surface area (Å²) in [4.78, 5) is 0. The molecule has 0 aliphatic carbocycles. The second-order valence-corrected chi connectivity index (χ2v) is 4.19. The second-order valence-electron chi connectivity index (χ2n) is 4.19. The number of aryl methyl sites for hydroxylation is 2. The molecule has 0 fully saturated rings. The molecule has 18 heavy (non-hydrogen) atoms. The molecule has 0 saturated heterocycles. The van der Waals surface area contributed by atoms with E-state index in [0.29, 0.717) is 0 Å². The van der Waals surface area contributed by atoms with Crippen molar-refractivity contribution in [1.82, 2.24) is 15.2 Å². The van der Waals surface area contributed by atoms with Crippen LogP contribution in [0.5, 0.6) is 0 Å². The number of aromatic nitrogens is 2. The van der Waals surface area contributed by atoms with E-state index in [1.165, 1.54) is 12.1 Å². The third kappa shape index (κ3) is 2.42. The van der Waals surface area contributed by atoms with Crippen molar-refractivity contribution in [3.8, 4) is 0 Å². The van der Waals surface area contributed by atoms with Crippen molar-refractivity contribution in [2.24, 2.45) is 12.9 Å². The summed E-state index contributed by atoms with van der Waals surface area (Å²) in [6, 6.07) is 8.12. The Labute approximate surface area is 106 Å². The number of nitrogens with two attached hydrogens (primary N) is 1. The molecule has 0 aliphatic heterocycles. The number of nitrogens with one attached hydrogen (secondary N) is 1. The molecule has 0 saturated carbocycles. The molecule has 0 aliphatic rings. The second kappa shape index (κ2) is 5.29. The highest BCUT2D eigenvalue weighted by molar-refractivity contribution is 5.29. The molecule has 5 heteroatoms. The van der Waals surface area contributed by atoms with Crippen molar-refractivity contribution in [1.29, 1.82) is 0 Å². The van der Waals surface area contributed by atoms with E-state index in [-0.39, 0.29) is 11.9 Å². The van der Waals surface area contributed by atoms with Gasteiger partial charge in [0.2, 0.25) is 0 Å². The van der Waals surface area contributed by atoms with Crippen LogP contribution >= 0.6 is 0 Å². The molecule has 1 atom stereocenters. The van der Waals surface area contributed by atoms with E-state index in [0.717, 1.165) is 23.4 Å². The van der Waals surface area contributed by atoms with E-state index < -0.39 is 0 Å². The number of nitrogens with zero attached hydrogens (tertiary/aromatic N) is 2. The molecule has 3 N–H and O–H groups in total. The zero-order valence-corrected chi connectivity index (χ0v) is 10.5. The first kappa shape index (κ1) is 12.7. The van der Waals surface area contributed by atoms with E-state index in [2.05, 4.69) is 10.5 Å². The number of halogens is 1. The average molecular weight is 248 g/mol. The summed E-state index contributed by atoms with van der Waals surface area (Å²) in [5.41, 5.74) is 5.40. The highest BCUT2D eigenvalue weighted by Gasteiger charge is 2.17. The maximum absolute atomic E-state index is 13.3. The van der Waals surface area contributed by atoms with Crippen molar-refractivity contribution >= 4 is 0 Å². The fourth-order valence-corrected chi connectivity index (χ4v) is 2.02. The van der Waals surface area contributed by atoms with Gasteiger partial charge in [-0.3, -0.25) is 10.5 Å². The molecule has 2 rings (SSSR count). The summed E-state index contributed by atoms with van der Waals surface area (Å²) in [5.74, 6) is 5.32. The maximum Gasteiger partial charge on any atom is 0.123 e. The van der Waals surface area contributed by atoms with Gasteiger partial charge < -0.3 is 0 Å². The lowest BCUT2D eigenvalue weighted by atomic mass is 10.0. The van der Waals surface area contributed by atoms with Crippen LogP contribution in [0, 0.1) is 5.82 Å². The minimum absolute atomic E-state index is 0.265. The third-order valence-corrected chi connectivity index (χ3v) is 2.97. The lowest BCUT2D eigenvalue weighted by Gasteiger charge is -2.16. The van der Waals surface area contributed by atoms with Gasteiger partial charge in [0.05, 0.1) is 17.4 Å². The van der Waals surface area contributed by atoms with Crippen molar-refractivity contribution in [3.63, 3.8) is 0 Å². The van der Waals surface area contributed by atoms with Crippen LogP contribution in [0.1, 0.15) is 29.9 Å². The lowest BCUT2D eigenvalue weighted by Crippen LogP contribution is -2.30. The minimum atomic E-state index is -0.273. The summed E-state index contributed by atoms with van der Waals surface area (Å²) in [5, 5.41) is 4.37. The molecule has 0 amide bonds. The summed E-state index contributed by atoms with van der Waals surface area (Å²) in [6.07, 6.45) is 0.855. The van der Waals surface area contributed by atoms with Gasteiger partial charge in [-0.15, -0.1) is 0 Å². The van der Waals surface area contributed by atoms with Gasteiger partial charge >= 0.3 is 0 Å². The fourth-order valence-electron chi connectivity index (χ4n) is 2.02. The third-order valence-electron chi connectivity index (χ3n) is 2.97. The number of hydrogen-bond acceptors (Lipinski definition) is 3. The molecular formula is C13H17FN4. The molecule has 1 aromatic carbocycles. The average Bonchev–Trinajstić information content (AvgIpc) is 2.72. The molecule has 1 heterocycles. The van der Waals surface area contributed by atoms with E-state index in [9.17, 15) is 4.39 Å². The number of hydrogen-bond donors (Lipinski definition) is 2. The molecular weight excluding hydrogens is 231 g/mol. The molecule has 0 bridgehead atoms. The van der Waals surface area contributed by atoms with Gasteiger partial charge in [0.15, 0.2) is 0 Å².